The van der Waals surface area contributed by atoms with E-state index in [9.17, 15) is 4.79 Å². The summed E-state index contributed by atoms with van der Waals surface area (Å²) in [4.78, 5) is 16.2. The zero-order valence-electron chi connectivity index (χ0n) is 20.9. The van der Waals surface area contributed by atoms with Gasteiger partial charge in [0.2, 0.25) is 5.79 Å². The molecule has 37 heavy (non-hydrogen) atoms. The maximum Gasteiger partial charge on any atom is 0.251 e. The van der Waals surface area contributed by atoms with Gasteiger partial charge < -0.3 is 29.8 Å². The number of methoxy groups -OCH3 is 1. The van der Waals surface area contributed by atoms with Crippen LogP contribution >= 0.6 is 0 Å². The standard InChI is InChI=1S/C30H31N3O4/c1-35-25-6-7-27-26(17-25)23(18-33-27)9-12-32-29(34)22-4-2-3-20(15-22)21-5-8-28-24(16-21)19-36-30(37-28)10-13-31-14-11-30/h2-8,15-18,31,33H,9-14,19H2,1H3,(H,32,34). The smallest absolute Gasteiger partial charge is 0.251 e. The van der Waals surface area contributed by atoms with E-state index in [2.05, 4.69) is 27.8 Å². The fraction of sp³-hybridized carbons (Fsp3) is 0.300. The Kier molecular flexibility index (Phi) is 6.32. The van der Waals surface area contributed by atoms with E-state index >= 15 is 0 Å². The molecule has 190 valence electrons. The molecule has 6 rings (SSSR count). The maximum absolute atomic E-state index is 12.9. The Bertz CT molecular complexity index is 1440. The lowest BCUT2D eigenvalue weighted by atomic mass is 9.98. The Morgan fingerprint density at radius 2 is 1.92 bits per heavy atom. The van der Waals surface area contributed by atoms with Crippen molar-refractivity contribution in [2.24, 2.45) is 0 Å². The number of aromatic amines is 1. The monoisotopic (exact) mass is 497 g/mol. The Morgan fingerprint density at radius 1 is 1.05 bits per heavy atom. The van der Waals surface area contributed by atoms with Crippen LogP contribution in [-0.2, 0) is 17.8 Å². The van der Waals surface area contributed by atoms with Crippen LogP contribution in [0.3, 0.4) is 0 Å². The van der Waals surface area contributed by atoms with Crippen molar-refractivity contribution in [3.8, 4) is 22.6 Å². The molecule has 0 bridgehead atoms. The Labute approximate surface area is 216 Å². The highest BCUT2D eigenvalue weighted by molar-refractivity contribution is 5.95. The van der Waals surface area contributed by atoms with E-state index < -0.39 is 5.79 Å². The summed E-state index contributed by atoms with van der Waals surface area (Å²) >= 11 is 0. The molecule has 3 N–H and O–H groups in total. The number of nitrogens with one attached hydrogen (secondary N) is 3. The lowest BCUT2D eigenvalue weighted by Crippen LogP contribution is -2.49. The molecule has 1 saturated heterocycles. The lowest BCUT2D eigenvalue weighted by Gasteiger charge is -2.41. The van der Waals surface area contributed by atoms with E-state index in [1.54, 1.807) is 7.11 Å². The van der Waals surface area contributed by atoms with Gasteiger partial charge in [-0.25, -0.2) is 0 Å². The highest BCUT2D eigenvalue weighted by Crippen LogP contribution is 2.38. The average molecular weight is 498 g/mol. The van der Waals surface area contributed by atoms with Crippen LogP contribution in [0, 0.1) is 0 Å². The number of aromatic nitrogens is 1. The second-order valence-electron chi connectivity index (χ2n) is 9.69. The van der Waals surface area contributed by atoms with Crippen molar-refractivity contribution < 1.29 is 19.0 Å². The van der Waals surface area contributed by atoms with E-state index in [4.69, 9.17) is 14.2 Å². The van der Waals surface area contributed by atoms with Gasteiger partial charge in [0, 0.05) is 60.7 Å². The van der Waals surface area contributed by atoms with Crippen molar-refractivity contribution in [1.82, 2.24) is 15.6 Å². The van der Waals surface area contributed by atoms with Gasteiger partial charge in [-0.2, -0.15) is 0 Å². The molecule has 0 aliphatic carbocycles. The van der Waals surface area contributed by atoms with Crippen molar-refractivity contribution in [3.05, 3.63) is 83.6 Å². The summed E-state index contributed by atoms with van der Waals surface area (Å²) in [6.45, 7) is 2.87. The first kappa shape index (κ1) is 23.6. The SMILES string of the molecule is COc1ccc2[nH]cc(CCNC(=O)c3cccc(-c4ccc5c(c4)COC4(CCNCC4)O5)c3)c2c1. The summed E-state index contributed by atoms with van der Waals surface area (Å²) < 4.78 is 17.8. The van der Waals surface area contributed by atoms with E-state index in [1.165, 1.54) is 0 Å². The molecule has 0 atom stereocenters. The first-order valence-electron chi connectivity index (χ1n) is 12.8. The van der Waals surface area contributed by atoms with Crippen LogP contribution in [0.15, 0.2) is 66.9 Å². The molecule has 4 aromatic rings. The number of hydrogen-bond acceptors (Lipinski definition) is 5. The molecular formula is C30H31N3O4. The normalized spacial score (nSPS) is 16.2. The molecule has 0 saturated carbocycles. The molecule has 1 fully saturated rings. The van der Waals surface area contributed by atoms with Gasteiger partial charge in [0.25, 0.3) is 5.91 Å². The number of benzene rings is 3. The van der Waals surface area contributed by atoms with Gasteiger partial charge in [0.15, 0.2) is 0 Å². The third-order valence-electron chi connectivity index (χ3n) is 7.33. The summed E-state index contributed by atoms with van der Waals surface area (Å²) in [6, 6.07) is 19.9. The van der Waals surface area contributed by atoms with Crippen LogP contribution in [0.2, 0.25) is 0 Å². The molecule has 1 spiro atoms. The van der Waals surface area contributed by atoms with E-state index in [0.29, 0.717) is 18.7 Å². The first-order chi connectivity index (χ1) is 18.1. The van der Waals surface area contributed by atoms with Gasteiger partial charge >= 0.3 is 0 Å². The minimum Gasteiger partial charge on any atom is -0.497 e. The van der Waals surface area contributed by atoms with Crippen LogP contribution < -0.4 is 20.1 Å². The Hall–Kier alpha value is -3.81. The number of rotatable bonds is 6. The number of fused-ring (bicyclic) bond motifs is 2. The van der Waals surface area contributed by atoms with Gasteiger partial charge in [0.05, 0.1) is 13.7 Å². The zero-order chi connectivity index (χ0) is 25.2. The summed E-state index contributed by atoms with van der Waals surface area (Å²) in [5.41, 5.74) is 5.90. The van der Waals surface area contributed by atoms with E-state index in [1.807, 2.05) is 54.7 Å². The Morgan fingerprint density at radius 3 is 2.78 bits per heavy atom. The number of hydrogen-bond donors (Lipinski definition) is 3. The highest BCUT2D eigenvalue weighted by atomic mass is 16.7. The van der Waals surface area contributed by atoms with Gasteiger partial charge in [-0.1, -0.05) is 18.2 Å². The first-order valence-corrected chi connectivity index (χ1v) is 12.8. The minimum atomic E-state index is -0.503. The van der Waals surface area contributed by atoms with Crippen molar-refractivity contribution in [3.63, 3.8) is 0 Å². The summed E-state index contributed by atoms with van der Waals surface area (Å²) in [6.07, 6.45) is 4.41. The summed E-state index contributed by atoms with van der Waals surface area (Å²) in [5.74, 6) is 1.12. The zero-order valence-corrected chi connectivity index (χ0v) is 20.9. The third kappa shape index (κ3) is 4.80. The number of ether oxygens (including phenoxy) is 3. The summed E-state index contributed by atoms with van der Waals surface area (Å²) in [5, 5.41) is 7.53. The predicted molar refractivity (Wildman–Crippen MR) is 143 cm³/mol. The predicted octanol–water partition coefficient (Wildman–Crippen LogP) is 4.80. The van der Waals surface area contributed by atoms with Crippen molar-refractivity contribution in [1.29, 1.82) is 0 Å². The topological polar surface area (TPSA) is 84.6 Å². The molecule has 3 aromatic carbocycles. The largest absolute Gasteiger partial charge is 0.497 e. The van der Waals surface area contributed by atoms with Gasteiger partial charge in [-0.05, 0) is 65.6 Å². The Balaban J connectivity index is 1.12. The quantitative estimate of drug-likeness (QED) is 0.356. The van der Waals surface area contributed by atoms with Gasteiger partial charge in [-0.3, -0.25) is 4.79 Å². The fourth-order valence-electron chi connectivity index (χ4n) is 5.21. The molecule has 2 aliphatic heterocycles. The molecule has 3 heterocycles. The maximum atomic E-state index is 12.9. The molecule has 0 unspecified atom stereocenters. The molecule has 7 nitrogen and oxygen atoms in total. The molecule has 1 aromatic heterocycles. The molecule has 2 aliphatic rings. The van der Waals surface area contributed by atoms with E-state index in [0.717, 1.165) is 77.0 Å². The van der Waals surface area contributed by atoms with Crippen molar-refractivity contribution in [2.45, 2.75) is 31.7 Å². The van der Waals surface area contributed by atoms with Gasteiger partial charge in [0.1, 0.15) is 11.5 Å². The number of carbonyl (C=O) groups is 1. The van der Waals surface area contributed by atoms with Crippen LogP contribution in [0.4, 0.5) is 0 Å². The molecular weight excluding hydrogens is 466 g/mol. The highest BCUT2D eigenvalue weighted by Gasteiger charge is 2.38. The van der Waals surface area contributed by atoms with Crippen molar-refractivity contribution in [2.75, 3.05) is 26.7 Å². The van der Waals surface area contributed by atoms with Gasteiger partial charge in [-0.15, -0.1) is 0 Å². The number of H-pyrrole nitrogens is 1. The van der Waals surface area contributed by atoms with Crippen LogP contribution in [0.25, 0.3) is 22.0 Å². The minimum absolute atomic E-state index is 0.0863. The molecule has 0 radical (unpaired) electrons. The third-order valence-corrected chi connectivity index (χ3v) is 7.33. The summed E-state index contributed by atoms with van der Waals surface area (Å²) in [7, 11) is 1.66. The average Bonchev–Trinajstić information content (AvgIpc) is 3.35. The molecule has 1 amide bonds. The molecule has 7 heteroatoms. The lowest BCUT2D eigenvalue weighted by molar-refractivity contribution is -0.218. The fourth-order valence-corrected chi connectivity index (χ4v) is 5.21. The number of carbonyl (C=O) groups excluding carboxylic acids is 1. The van der Waals surface area contributed by atoms with Crippen LogP contribution in [0.5, 0.6) is 11.5 Å². The second kappa shape index (κ2) is 9.92. The second-order valence-corrected chi connectivity index (χ2v) is 9.69. The van der Waals surface area contributed by atoms with E-state index in [-0.39, 0.29) is 5.91 Å². The number of amides is 1. The van der Waals surface area contributed by atoms with Crippen LogP contribution in [0.1, 0.15) is 34.3 Å². The van der Waals surface area contributed by atoms with Crippen LogP contribution in [-0.4, -0.2) is 43.4 Å². The number of piperidine rings is 1. The van der Waals surface area contributed by atoms with Crippen molar-refractivity contribution >= 4 is 16.8 Å².